The van der Waals surface area contributed by atoms with E-state index in [0.29, 0.717) is 16.1 Å². The number of benzene rings is 1. The van der Waals surface area contributed by atoms with Gasteiger partial charge in [0.15, 0.2) is 0 Å². The van der Waals surface area contributed by atoms with E-state index >= 15 is 0 Å². The van der Waals surface area contributed by atoms with E-state index in [1.165, 1.54) is 17.8 Å². The van der Waals surface area contributed by atoms with E-state index in [2.05, 4.69) is 10.2 Å². The van der Waals surface area contributed by atoms with Crippen LogP contribution in [-0.2, 0) is 0 Å². The number of hydrogen-bond acceptors (Lipinski definition) is 2. The summed E-state index contributed by atoms with van der Waals surface area (Å²) < 4.78 is 13.7. The van der Waals surface area contributed by atoms with Crippen LogP contribution in [0, 0.1) is 5.82 Å². The Hall–Kier alpha value is -1.000. The van der Waals surface area contributed by atoms with Crippen molar-refractivity contribution in [3.8, 4) is 11.1 Å². The molecule has 0 atom stereocenters. The number of aromatic amines is 1. The standard InChI is InChI=1S/C10H8ClFN2S/c1-15-10-3-9(12)7(2-8(10)11)6-4-13-14-5-6/h2-5H,1H3,(H,13,14). The van der Waals surface area contributed by atoms with Gasteiger partial charge in [-0.25, -0.2) is 4.39 Å². The molecule has 0 amide bonds. The van der Waals surface area contributed by atoms with Crippen LogP contribution in [-0.4, -0.2) is 16.5 Å². The molecule has 0 unspecified atom stereocenters. The summed E-state index contributed by atoms with van der Waals surface area (Å²) in [6.07, 6.45) is 5.05. The second-order valence-corrected chi connectivity index (χ2v) is 4.21. The molecule has 0 bridgehead atoms. The van der Waals surface area contributed by atoms with Gasteiger partial charge in [0.05, 0.1) is 11.2 Å². The third-order valence-corrected chi connectivity index (χ3v) is 3.25. The Morgan fingerprint density at radius 3 is 2.87 bits per heavy atom. The molecule has 0 saturated carbocycles. The quantitative estimate of drug-likeness (QED) is 0.816. The highest BCUT2D eigenvalue weighted by Gasteiger charge is 2.10. The molecule has 0 aliphatic carbocycles. The van der Waals surface area contributed by atoms with Crippen molar-refractivity contribution in [2.75, 3.05) is 6.26 Å². The van der Waals surface area contributed by atoms with E-state index in [-0.39, 0.29) is 5.82 Å². The van der Waals surface area contributed by atoms with Crippen LogP contribution < -0.4 is 0 Å². The first-order chi connectivity index (χ1) is 7.22. The second kappa shape index (κ2) is 4.24. The van der Waals surface area contributed by atoms with Crippen molar-refractivity contribution in [3.05, 3.63) is 35.4 Å². The Labute approximate surface area is 95.8 Å². The molecule has 1 aromatic heterocycles. The molecule has 78 valence electrons. The molecule has 1 aromatic carbocycles. The Balaban J connectivity index is 2.55. The van der Waals surface area contributed by atoms with Crippen LogP contribution in [0.2, 0.25) is 5.02 Å². The second-order valence-electron chi connectivity index (χ2n) is 2.95. The summed E-state index contributed by atoms with van der Waals surface area (Å²) in [7, 11) is 0. The molecular formula is C10H8ClFN2S. The fourth-order valence-corrected chi connectivity index (χ4v) is 2.17. The van der Waals surface area contributed by atoms with Crippen LogP contribution in [0.3, 0.4) is 0 Å². The monoisotopic (exact) mass is 242 g/mol. The number of H-pyrrole nitrogens is 1. The molecule has 0 radical (unpaired) electrons. The predicted octanol–water partition coefficient (Wildman–Crippen LogP) is 3.59. The summed E-state index contributed by atoms with van der Waals surface area (Å²) in [6.45, 7) is 0. The molecule has 0 saturated heterocycles. The Morgan fingerprint density at radius 1 is 1.47 bits per heavy atom. The molecular weight excluding hydrogens is 235 g/mol. The first kappa shape index (κ1) is 10.5. The minimum Gasteiger partial charge on any atom is -0.285 e. The third kappa shape index (κ3) is 2.01. The summed E-state index contributed by atoms with van der Waals surface area (Å²) in [5.74, 6) is -0.287. The smallest absolute Gasteiger partial charge is 0.132 e. The highest BCUT2D eigenvalue weighted by Crippen LogP contribution is 2.32. The summed E-state index contributed by atoms with van der Waals surface area (Å²) in [5, 5.41) is 6.97. The average molecular weight is 243 g/mol. The maximum Gasteiger partial charge on any atom is 0.132 e. The number of rotatable bonds is 2. The third-order valence-electron chi connectivity index (χ3n) is 2.05. The number of thioether (sulfide) groups is 1. The first-order valence-corrected chi connectivity index (χ1v) is 5.85. The minimum atomic E-state index is -0.287. The highest BCUT2D eigenvalue weighted by atomic mass is 35.5. The SMILES string of the molecule is CSc1cc(F)c(-c2cn[nH]c2)cc1Cl. The van der Waals surface area contributed by atoms with Crippen molar-refractivity contribution in [1.82, 2.24) is 10.2 Å². The van der Waals surface area contributed by atoms with Crippen molar-refractivity contribution >= 4 is 23.4 Å². The van der Waals surface area contributed by atoms with Crippen LogP contribution >= 0.6 is 23.4 Å². The summed E-state index contributed by atoms with van der Waals surface area (Å²) >= 11 is 7.42. The zero-order valence-electron chi connectivity index (χ0n) is 7.92. The van der Waals surface area contributed by atoms with E-state index in [1.54, 1.807) is 18.5 Å². The van der Waals surface area contributed by atoms with E-state index in [9.17, 15) is 4.39 Å². The highest BCUT2D eigenvalue weighted by molar-refractivity contribution is 7.98. The minimum absolute atomic E-state index is 0.287. The van der Waals surface area contributed by atoms with Crippen LogP contribution in [0.4, 0.5) is 4.39 Å². The van der Waals surface area contributed by atoms with Gasteiger partial charge in [-0.2, -0.15) is 5.10 Å². The van der Waals surface area contributed by atoms with Crippen LogP contribution in [0.25, 0.3) is 11.1 Å². The Bertz CT molecular complexity index is 471. The molecule has 0 aliphatic rings. The number of aromatic nitrogens is 2. The molecule has 15 heavy (non-hydrogen) atoms. The van der Waals surface area contributed by atoms with E-state index < -0.39 is 0 Å². The lowest BCUT2D eigenvalue weighted by molar-refractivity contribution is 0.628. The zero-order chi connectivity index (χ0) is 10.8. The van der Waals surface area contributed by atoms with Gasteiger partial charge in [0.1, 0.15) is 5.82 Å². The average Bonchev–Trinajstić information content (AvgIpc) is 2.74. The van der Waals surface area contributed by atoms with Crippen molar-refractivity contribution in [2.45, 2.75) is 4.90 Å². The van der Waals surface area contributed by atoms with Gasteiger partial charge in [0.25, 0.3) is 0 Å². The summed E-state index contributed by atoms with van der Waals surface area (Å²) in [5.41, 5.74) is 1.16. The van der Waals surface area contributed by atoms with E-state index in [1.807, 2.05) is 6.26 Å². The number of hydrogen-bond donors (Lipinski definition) is 1. The maximum absolute atomic E-state index is 13.7. The van der Waals surface area contributed by atoms with Gasteiger partial charge in [-0.3, -0.25) is 5.10 Å². The van der Waals surface area contributed by atoms with Gasteiger partial charge in [-0.1, -0.05) is 11.6 Å². The van der Waals surface area contributed by atoms with Crippen molar-refractivity contribution in [1.29, 1.82) is 0 Å². The van der Waals surface area contributed by atoms with Crippen LogP contribution in [0.15, 0.2) is 29.4 Å². The fraction of sp³-hybridized carbons (Fsp3) is 0.100. The van der Waals surface area contributed by atoms with Gasteiger partial charge in [-0.05, 0) is 18.4 Å². The van der Waals surface area contributed by atoms with Gasteiger partial charge in [0.2, 0.25) is 0 Å². The Morgan fingerprint density at radius 2 is 2.27 bits per heavy atom. The molecule has 2 aromatic rings. The molecule has 2 rings (SSSR count). The van der Waals surface area contributed by atoms with E-state index in [4.69, 9.17) is 11.6 Å². The van der Waals surface area contributed by atoms with Crippen molar-refractivity contribution in [2.24, 2.45) is 0 Å². The molecule has 0 aliphatic heterocycles. The number of halogens is 2. The molecule has 0 fully saturated rings. The van der Waals surface area contributed by atoms with Gasteiger partial charge in [-0.15, -0.1) is 11.8 Å². The lowest BCUT2D eigenvalue weighted by Gasteiger charge is -2.05. The lowest BCUT2D eigenvalue weighted by Crippen LogP contribution is -1.85. The van der Waals surface area contributed by atoms with Gasteiger partial charge in [0, 0.05) is 22.2 Å². The summed E-state index contributed by atoms with van der Waals surface area (Å²) in [4.78, 5) is 0.737. The molecule has 1 heterocycles. The predicted molar refractivity (Wildman–Crippen MR) is 60.8 cm³/mol. The van der Waals surface area contributed by atoms with Gasteiger partial charge < -0.3 is 0 Å². The molecule has 0 spiro atoms. The largest absolute Gasteiger partial charge is 0.285 e. The first-order valence-electron chi connectivity index (χ1n) is 4.24. The summed E-state index contributed by atoms with van der Waals surface area (Å²) in [6, 6.07) is 3.06. The molecule has 2 nitrogen and oxygen atoms in total. The van der Waals surface area contributed by atoms with Crippen LogP contribution in [0.1, 0.15) is 0 Å². The van der Waals surface area contributed by atoms with Crippen LogP contribution in [0.5, 0.6) is 0 Å². The molecule has 1 N–H and O–H groups in total. The van der Waals surface area contributed by atoms with Crippen molar-refractivity contribution in [3.63, 3.8) is 0 Å². The number of nitrogens with one attached hydrogen (secondary N) is 1. The topological polar surface area (TPSA) is 28.7 Å². The fourth-order valence-electron chi connectivity index (χ4n) is 1.30. The zero-order valence-corrected chi connectivity index (χ0v) is 9.49. The molecule has 5 heteroatoms. The Kier molecular flexibility index (Phi) is 2.98. The van der Waals surface area contributed by atoms with Gasteiger partial charge >= 0.3 is 0 Å². The maximum atomic E-state index is 13.7. The van der Waals surface area contributed by atoms with E-state index in [0.717, 1.165) is 4.90 Å². The van der Waals surface area contributed by atoms with Crippen molar-refractivity contribution < 1.29 is 4.39 Å². The lowest BCUT2D eigenvalue weighted by atomic mass is 10.1. The number of nitrogens with zero attached hydrogens (tertiary/aromatic N) is 1. The normalized spacial score (nSPS) is 10.6.